The van der Waals surface area contributed by atoms with Crippen molar-refractivity contribution >= 4 is 48.3 Å². The van der Waals surface area contributed by atoms with E-state index >= 15 is 4.79 Å². The summed E-state index contributed by atoms with van der Waals surface area (Å²) in [6.45, 7) is 8.21. The van der Waals surface area contributed by atoms with Crippen molar-refractivity contribution in [1.29, 1.82) is 0 Å². The first kappa shape index (κ1) is 39.0. The monoisotopic (exact) mass is 747 g/mol. The van der Waals surface area contributed by atoms with Gasteiger partial charge in [-0.25, -0.2) is 0 Å². The number of rotatable bonds is 12. The molecule has 0 aliphatic carbocycles. The first-order valence-electron chi connectivity index (χ1n) is 19.5. The molecule has 53 heavy (non-hydrogen) atoms. The van der Waals surface area contributed by atoms with Gasteiger partial charge in [0, 0.05) is 49.6 Å². The second-order valence-corrected chi connectivity index (χ2v) is 20.5. The number of fused-ring (bicyclic) bond motifs is 2. The van der Waals surface area contributed by atoms with Gasteiger partial charge in [0.2, 0.25) is 11.8 Å². The van der Waals surface area contributed by atoms with E-state index in [0.717, 1.165) is 61.2 Å². The summed E-state index contributed by atoms with van der Waals surface area (Å²) in [5.41, 5.74) is 0.726. The van der Waals surface area contributed by atoms with Crippen LogP contribution in [0.4, 0.5) is 11.4 Å². The lowest BCUT2D eigenvalue weighted by atomic mass is 9.82. The van der Waals surface area contributed by atoms with Crippen molar-refractivity contribution in [2.24, 2.45) is 5.92 Å². The van der Waals surface area contributed by atoms with Crippen LogP contribution in [0.3, 0.4) is 0 Å². The maximum Gasteiger partial charge on any atom is 0.305 e. The average Bonchev–Trinajstić information content (AvgIpc) is 3.81. The van der Waals surface area contributed by atoms with Crippen molar-refractivity contribution in [3.8, 4) is 5.75 Å². The molecule has 288 valence electrons. The highest BCUT2D eigenvalue weighted by Gasteiger charge is 2.66. The number of aliphatic hydroxyl groups is 1. The zero-order valence-electron chi connectivity index (χ0n) is 32.1. The van der Waals surface area contributed by atoms with Crippen molar-refractivity contribution in [1.82, 2.24) is 4.90 Å². The zero-order chi connectivity index (χ0) is 37.9. The molecule has 11 nitrogen and oxygen atoms in total. The third-order valence-corrected chi connectivity index (χ3v) is 16.8. The number of benzene rings is 2. The summed E-state index contributed by atoms with van der Waals surface area (Å²) >= 11 is 0. The number of esters is 1. The number of carbonyl (C=O) groups excluding carboxylic acids is 4. The predicted molar refractivity (Wildman–Crippen MR) is 206 cm³/mol. The average molecular weight is 748 g/mol. The Bertz CT molecular complexity index is 1670. The maximum absolute atomic E-state index is 15.2. The second kappa shape index (κ2) is 16.3. The number of methoxy groups -OCH3 is 2. The lowest BCUT2D eigenvalue weighted by Gasteiger charge is -2.37. The highest BCUT2D eigenvalue weighted by Crippen LogP contribution is 2.60. The fraction of sp³-hybridized carbons (Fsp3) is 0.610. The third kappa shape index (κ3) is 7.38. The van der Waals surface area contributed by atoms with Gasteiger partial charge in [0.15, 0.2) is 5.60 Å². The van der Waals surface area contributed by atoms with Crippen LogP contribution in [0.5, 0.6) is 5.75 Å². The summed E-state index contributed by atoms with van der Waals surface area (Å²) in [5.74, 6) is 0.0131. The van der Waals surface area contributed by atoms with Gasteiger partial charge in [0.05, 0.1) is 53.2 Å². The minimum Gasteiger partial charge on any atom is -0.497 e. The van der Waals surface area contributed by atoms with Crippen molar-refractivity contribution < 1.29 is 38.5 Å². The Kier molecular flexibility index (Phi) is 12.0. The summed E-state index contributed by atoms with van der Waals surface area (Å²) < 4.78 is 17.6. The molecule has 5 atom stereocenters. The highest BCUT2D eigenvalue weighted by molar-refractivity contribution is 6.91. The molecule has 2 aromatic carbocycles. The number of hydrogen-bond donors (Lipinski definition) is 1. The molecule has 4 heterocycles. The number of aliphatic hydroxyl groups excluding tert-OH is 1. The van der Waals surface area contributed by atoms with Crippen LogP contribution < -0.4 is 19.7 Å². The lowest BCUT2D eigenvalue weighted by Crippen LogP contribution is -2.52. The van der Waals surface area contributed by atoms with Gasteiger partial charge in [-0.1, -0.05) is 50.2 Å². The van der Waals surface area contributed by atoms with Gasteiger partial charge in [0.25, 0.3) is 5.91 Å². The van der Waals surface area contributed by atoms with E-state index in [4.69, 9.17) is 14.2 Å². The number of ether oxygens (including phenoxy) is 3. The van der Waals surface area contributed by atoms with Crippen molar-refractivity contribution in [3.05, 3.63) is 48.0 Å². The highest BCUT2D eigenvalue weighted by atomic mass is 28.3. The molecule has 0 radical (unpaired) electrons. The molecule has 3 fully saturated rings. The molecule has 4 aliphatic rings. The molecule has 4 aliphatic heterocycles. The molecular formula is C41H57N3O8Si. The summed E-state index contributed by atoms with van der Waals surface area (Å²) in [6.07, 6.45) is 6.92. The number of hydrogen-bond acceptors (Lipinski definition) is 8. The number of nitrogens with zero attached hydrogens (tertiary/aromatic N) is 3. The van der Waals surface area contributed by atoms with Crippen LogP contribution >= 0.6 is 0 Å². The summed E-state index contributed by atoms with van der Waals surface area (Å²) in [4.78, 5) is 60.2. The molecule has 1 N–H and O–H groups in total. The number of anilines is 2. The molecule has 0 saturated carbocycles. The molecule has 2 aromatic rings. The standard InChI is InChI=1S/C41H57N3O8Si/c1-28-39(53(4,5)32-19-17-31(50-2)18-20-32)35(26-37(47)43-24-12-13-30(43)27-45)52-41(28)33-25-29(42-22-10-7-6-8-14-36(42)46)16-21-34(33)44(40(41)49)23-11-9-15-38(48)51-3/h16-21,25,28,30,35,39,45H,6-15,22-24,26-27H2,1-5H3/t28-,30-,35+,39-,41+/m0/s1. The topological polar surface area (TPSA) is 126 Å². The Morgan fingerprint density at radius 1 is 0.981 bits per heavy atom. The molecule has 3 amide bonds. The predicted octanol–water partition coefficient (Wildman–Crippen LogP) is 5.27. The van der Waals surface area contributed by atoms with Crippen molar-refractivity contribution in [2.75, 3.05) is 50.3 Å². The quantitative estimate of drug-likeness (QED) is 0.177. The van der Waals surface area contributed by atoms with Gasteiger partial charge in [-0.05, 0) is 74.4 Å². The molecule has 0 aromatic heterocycles. The van der Waals surface area contributed by atoms with E-state index in [1.807, 2.05) is 35.2 Å². The summed E-state index contributed by atoms with van der Waals surface area (Å²) in [5, 5.41) is 11.3. The Morgan fingerprint density at radius 2 is 1.74 bits per heavy atom. The van der Waals surface area contributed by atoms with E-state index in [0.29, 0.717) is 38.9 Å². The Labute approximate surface area is 314 Å². The second-order valence-electron chi connectivity index (χ2n) is 15.8. The molecular weight excluding hydrogens is 691 g/mol. The van der Waals surface area contributed by atoms with Gasteiger partial charge >= 0.3 is 5.97 Å². The number of unbranched alkanes of at least 4 members (excludes halogenated alkanes) is 1. The maximum atomic E-state index is 15.2. The smallest absolute Gasteiger partial charge is 0.305 e. The first-order valence-corrected chi connectivity index (χ1v) is 22.6. The lowest BCUT2D eigenvalue weighted by molar-refractivity contribution is -0.150. The third-order valence-electron chi connectivity index (χ3n) is 12.5. The van der Waals surface area contributed by atoms with Gasteiger partial charge in [-0.15, -0.1) is 0 Å². The van der Waals surface area contributed by atoms with Crippen LogP contribution in [-0.4, -0.2) is 94.4 Å². The van der Waals surface area contributed by atoms with Crippen LogP contribution in [0, 0.1) is 5.92 Å². The fourth-order valence-electron chi connectivity index (χ4n) is 9.61. The van der Waals surface area contributed by atoms with Gasteiger partial charge < -0.3 is 34.0 Å². The van der Waals surface area contributed by atoms with Crippen molar-refractivity contribution in [2.45, 2.75) is 114 Å². The van der Waals surface area contributed by atoms with E-state index < -0.39 is 19.8 Å². The Hall–Kier alpha value is -3.74. The van der Waals surface area contributed by atoms with Crippen molar-refractivity contribution in [3.63, 3.8) is 0 Å². The van der Waals surface area contributed by atoms with Crippen LogP contribution in [0.2, 0.25) is 18.6 Å². The fourth-order valence-corrected chi connectivity index (χ4v) is 13.6. The number of carbonyl (C=O) groups is 4. The number of amides is 3. The number of likely N-dealkylation sites (tertiary alicyclic amines) is 1. The first-order chi connectivity index (χ1) is 25.5. The van der Waals surface area contributed by atoms with Crippen LogP contribution in [0.1, 0.15) is 83.1 Å². The molecule has 12 heteroatoms. The largest absolute Gasteiger partial charge is 0.497 e. The minimum absolute atomic E-state index is 0.0642. The van der Waals surface area contributed by atoms with Gasteiger partial charge in [-0.3, -0.25) is 19.2 Å². The molecule has 1 spiro atoms. The van der Waals surface area contributed by atoms with E-state index in [9.17, 15) is 19.5 Å². The van der Waals surface area contributed by atoms with Crippen LogP contribution in [0.25, 0.3) is 0 Å². The van der Waals surface area contributed by atoms with E-state index in [-0.39, 0.29) is 60.6 Å². The van der Waals surface area contributed by atoms with E-state index in [1.54, 1.807) is 16.9 Å². The zero-order valence-corrected chi connectivity index (χ0v) is 33.1. The van der Waals surface area contributed by atoms with Gasteiger partial charge in [0.1, 0.15) is 5.75 Å². The van der Waals surface area contributed by atoms with Crippen LogP contribution in [0.15, 0.2) is 42.5 Å². The van der Waals surface area contributed by atoms with Gasteiger partial charge in [-0.2, -0.15) is 0 Å². The SMILES string of the molecule is COC(=O)CCCCN1C(=O)[C@]2(O[C@H](CC(=O)N3CCC[C@H]3CO)[C@@H]([Si](C)(C)c3ccc(OC)cc3)[C@@H]2C)c2cc(N3CCCCCCC3=O)ccc21. The minimum atomic E-state index is -2.51. The summed E-state index contributed by atoms with van der Waals surface area (Å²) in [6, 6.07) is 13.8. The van der Waals surface area contributed by atoms with E-state index in [2.05, 4.69) is 32.2 Å². The van der Waals surface area contributed by atoms with E-state index in [1.165, 1.54) is 12.3 Å². The molecule has 6 rings (SSSR count). The molecule has 3 saturated heterocycles. The molecule has 0 bridgehead atoms. The summed E-state index contributed by atoms with van der Waals surface area (Å²) in [7, 11) is 0.512. The Morgan fingerprint density at radius 3 is 2.45 bits per heavy atom. The molecule has 0 unspecified atom stereocenters. The Balaban J connectivity index is 1.44. The van der Waals surface area contributed by atoms with Crippen LogP contribution in [-0.2, 0) is 34.3 Å². The normalized spacial score (nSPS) is 26.2.